The Morgan fingerprint density at radius 1 is 1.20 bits per heavy atom. The highest BCUT2D eigenvalue weighted by atomic mass is 15.2. The fraction of sp³-hybridized carbons (Fsp3) is 1.00. The second kappa shape index (κ2) is 7.26. The van der Waals surface area contributed by atoms with Gasteiger partial charge in [0.15, 0.2) is 0 Å². The fourth-order valence-corrected chi connectivity index (χ4v) is 3.22. The van der Waals surface area contributed by atoms with Crippen LogP contribution in [0, 0.1) is 5.41 Å². The number of rotatable bonds is 6. The summed E-state index contributed by atoms with van der Waals surface area (Å²) in [6.07, 6.45) is 8.13. The van der Waals surface area contributed by atoms with Crippen molar-refractivity contribution in [3.8, 4) is 0 Å². The molecule has 0 radical (unpaired) electrons. The zero-order valence-corrected chi connectivity index (χ0v) is 15.1. The standard InChI is InChI=1S/C18H38N2/c1-15(9-8-14-19-17(2,3)4)20(7)16-10-12-18(5,6)13-11-16/h15-16,19H,8-14H2,1-7H3. The van der Waals surface area contributed by atoms with Gasteiger partial charge in [-0.2, -0.15) is 0 Å². The van der Waals surface area contributed by atoms with Crippen LogP contribution in [-0.2, 0) is 0 Å². The van der Waals surface area contributed by atoms with Gasteiger partial charge in [-0.1, -0.05) is 13.8 Å². The maximum atomic E-state index is 3.59. The number of hydrogen-bond donors (Lipinski definition) is 1. The third-order valence-electron chi connectivity index (χ3n) is 5.03. The molecule has 0 aromatic heterocycles. The second-order valence-corrected chi connectivity index (χ2v) is 8.73. The third kappa shape index (κ3) is 6.58. The molecule has 0 aromatic carbocycles. The van der Waals surface area contributed by atoms with Gasteiger partial charge in [-0.05, 0) is 85.2 Å². The van der Waals surface area contributed by atoms with E-state index in [1.54, 1.807) is 0 Å². The average Bonchev–Trinajstić information content (AvgIpc) is 2.32. The number of hydrogen-bond acceptors (Lipinski definition) is 2. The molecular formula is C18H38N2. The van der Waals surface area contributed by atoms with Gasteiger partial charge >= 0.3 is 0 Å². The number of nitrogens with zero attached hydrogens (tertiary/aromatic N) is 1. The summed E-state index contributed by atoms with van der Waals surface area (Å²) in [7, 11) is 2.34. The Kier molecular flexibility index (Phi) is 6.53. The van der Waals surface area contributed by atoms with Gasteiger partial charge in [0, 0.05) is 17.6 Å². The first-order valence-corrected chi connectivity index (χ1v) is 8.58. The van der Waals surface area contributed by atoms with Gasteiger partial charge in [0.05, 0.1) is 0 Å². The van der Waals surface area contributed by atoms with Crippen LogP contribution in [0.15, 0.2) is 0 Å². The molecule has 1 aliphatic rings. The van der Waals surface area contributed by atoms with Crippen LogP contribution in [0.2, 0.25) is 0 Å². The first kappa shape index (κ1) is 18.0. The largest absolute Gasteiger partial charge is 0.312 e. The van der Waals surface area contributed by atoms with Gasteiger partial charge in [-0.15, -0.1) is 0 Å². The molecule has 1 fully saturated rings. The van der Waals surface area contributed by atoms with E-state index in [1.165, 1.54) is 38.5 Å². The fourth-order valence-electron chi connectivity index (χ4n) is 3.22. The molecule has 0 aromatic rings. The minimum absolute atomic E-state index is 0.254. The second-order valence-electron chi connectivity index (χ2n) is 8.73. The SMILES string of the molecule is CC(CCCNC(C)(C)C)N(C)C1CCC(C)(C)CC1. The topological polar surface area (TPSA) is 15.3 Å². The lowest BCUT2D eigenvalue weighted by atomic mass is 9.75. The van der Waals surface area contributed by atoms with Crippen molar-refractivity contribution in [2.24, 2.45) is 5.41 Å². The molecule has 1 aliphatic carbocycles. The van der Waals surface area contributed by atoms with Crippen LogP contribution in [0.4, 0.5) is 0 Å². The smallest absolute Gasteiger partial charge is 0.00965 e. The van der Waals surface area contributed by atoms with Gasteiger partial charge < -0.3 is 10.2 Å². The first-order chi connectivity index (χ1) is 9.11. The van der Waals surface area contributed by atoms with Crippen molar-refractivity contribution < 1.29 is 0 Å². The van der Waals surface area contributed by atoms with E-state index in [-0.39, 0.29) is 5.54 Å². The maximum Gasteiger partial charge on any atom is 0.00965 e. The normalized spacial score (nSPS) is 22.2. The highest BCUT2D eigenvalue weighted by molar-refractivity contribution is 4.84. The van der Waals surface area contributed by atoms with E-state index in [4.69, 9.17) is 0 Å². The summed E-state index contributed by atoms with van der Waals surface area (Å²) in [5, 5.41) is 3.59. The molecule has 1 unspecified atom stereocenters. The van der Waals surface area contributed by atoms with Gasteiger partial charge in [0.1, 0.15) is 0 Å². The molecule has 1 saturated carbocycles. The van der Waals surface area contributed by atoms with Crippen LogP contribution in [0.5, 0.6) is 0 Å². The summed E-state index contributed by atoms with van der Waals surface area (Å²) in [5.74, 6) is 0. The van der Waals surface area contributed by atoms with Gasteiger partial charge in [0.25, 0.3) is 0 Å². The van der Waals surface area contributed by atoms with Crippen LogP contribution in [0.3, 0.4) is 0 Å². The monoisotopic (exact) mass is 282 g/mol. The van der Waals surface area contributed by atoms with Crippen LogP contribution in [-0.4, -0.2) is 36.1 Å². The summed E-state index contributed by atoms with van der Waals surface area (Å²) < 4.78 is 0. The third-order valence-corrected chi connectivity index (χ3v) is 5.03. The molecule has 0 bridgehead atoms. The van der Waals surface area contributed by atoms with E-state index in [9.17, 15) is 0 Å². The van der Waals surface area contributed by atoms with Crippen molar-refractivity contribution in [2.45, 2.75) is 97.7 Å². The van der Waals surface area contributed by atoms with Crippen LogP contribution in [0.1, 0.15) is 80.1 Å². The molecule has 0 heterocycles. The predicted octanol–water partition coefficient (Wildman–Crippen LogP) is 4.44. The summed E-state index contributed by atoms with van der Waals surface area (Å²) in [6.45, 7) is 15.1. The highest BCUT2D eigenvalue weighted by Crippen LogP contribution is 2.37. The molecule has 0 saturated heterocycles. The van der Waals surface area contributed by atoms with E-state index in [1.807, 2.05) is 0 Å². The summed E-state index contributed by atoms with van der Waals surface area (Å²) >= 11 is 0. The Bertz CT molecular complexity index is 268. The van der Waals surface area contributed by atoms with E-state index in [2.05, 4.69) is 58.8 Å². The van der Waals surface area contributed by atoms with Crippen molar-refractivity contribution in [2.75, 3.05) is 13.6 Å². The molecule has 2 heteroatoms. The average molecular weight is 283 g/mol. The van der Waals surface area contributed by atoms with E-state index in [0.717, 1.165) is 12.6 Å². The maximum absolute atomic E-state index is 3.59. The minimum Gasteiger partial charge on any atom is -0.312 e. The Hall–Kier alpha value is -0.0800. The molecule has 2 nitrogen and oxygen atoms in total. The molecule has 1 rings (SSSR count). The van der Waals surface area contributed by atoms with Gasteiger partial charge in [-0.25, -0.2) is 0 Å². The summed E-state index contributed by atoms with van der Waals surface area (Å²) in [6, 6.07) is 1.52. The molecule has 1 atom stereocenters. The van der Waals surface area contributed by atoms with Crippen LogP contribution >= 0.6 is 0 Å². The summed E-state index contributed by atoms with van der Waals surface area (Å²) in [5.41, 5.74) is 0.835. The van der Waals surface area contributed by atoms with Crippen molar-refractivity contribution in [3.05, 3.63) is 0 Å². The predicted molar refractivity (Wildman–Crippen MR) is 90.3 cm³/mol. The molecule has 0 spiro atoms. The van der Waals surface area contributed by atoms with Crippen molar-refractivity contribution in [1.82, 2.24) is 10.2 Å². The molecule has 0 amide bonds. The lowest BCUT2D eigenvalue weighted by molar-refractivity contribution is 0.0960. The molecule has 0 aliphatic heterocycles. The van der Waals surface area contributed by atoms with E-state index >= 15 is 0 Å². The lowest BCUT2D eigenvalue weighted by Crippen LogP contribution is -2.42. The molecule has 1 N–H and O–H groups in total. The van der Waals surface area contributed by atoms with Crippen LogP contribution < -0.4 is 5.32 Å². The Morgan fingerprint density at radius 3 is 2.25 bits per heavy atom. The minimum atomic E-state index is 0.254. The van der Waals surface area contributed by atoms with Gasteiger partial charge in [0.2, 0.25) is 0 Å². The highest BCUT2D eigenvalue weighted by Gasteiger charge is 2.30. The van der Waals surface area contributed by atoms with Crippen molar-refractivity contribution >= 4 is 0 Å². The van der Waals surface area contributed by atoms with Crippen LogP contribution in [0.25, 0.3) is 0 Å². The van der Waals surface area contributed by atoms with E-state index < -0.39 is 0 Å². The zero-order chi connectivity index (χ0) is 15.4. The summed E-state index contributed by atoms with van der Waals surface area (Å²) in [4.78, 5) is 2.65. The lowest BCUT2D eigenvalue weighted by Gasteiger charge is -2.41. The quantitative estimate of drug-likeness (QED) is 0.724. The Morgan fingerprint density at radius 2 is 1.75 bits per heavy atom. The number of nitrogens with one attached hydrogen (secondary N) is 1. The van der Waals surface area contributed by atoms with Gasteiger partial charge in [-0.3, -0.25) is 0 Å². The molecule has 20 heavy (non-hydrogen) atoms. The molecular weight excluding hydrogens is 244 g/mol. The molecule has 120 valence electrons. The van der Waals surface area contributed by atoms with E-state index in [0.29, 0.717) is 11.5 Å². The Labute approximate surface area is 127 Å². The van der Waals surface area contributed by atoms with Crippen molar-refractivity contribution in [3.63, 3.8) is 0 Å². The van der Waals surface area contributed by atoms with Crippen molar-refractivity contribution in [1.29, 1.82) is 0 Å². The first-order valence-electron chi connectivity index (χ1n) is 8.58. The zero-order valence-electron chi connectivity index (χ0n) is 15.1. The Balaban J connectivity index is 2.24.